The number of para-hydroxylation sites is 2. The number of aryl methyl sites for hydroxylation is 1. The van der Waals surface area contributed by atoms with Gasteiger partial charge in [-0.1, -0.05) is 36.4 Å². The lowest BCUT2D eigenvalue weighted by Crippen LogP contribution is -2.38. The average Bonchev–Trinajstić information content (AvgIpc) is 3.33. The predicted octanol–water partition coefficient (Wildman–Crippen LogP) is 4.02. The summed E-state index contributed by atoms with van der Waals surface area (Å²) in [7, 11) is 0. The van der Waals surface area contributed by atoms with Gasteiger partial charge in [0.2, 0.25) is 0 Å². The molecule has 1 unspecified atom stereocenters. The summed E-state index contributed by atoms with van der Waals surface area (Å²) in [4.78, 5) is 26.9. The molecule has 0 radical (unpaired) electrons. The van der Waals surface area contributed by atoms with Crippen LogP contribution >= 0.6 is 0 Å². The van der Waals surface area contributed by atoms with E-state index in [1.165, 1.54) is 6.08 Å². The number of benzene rings is 2. The molecule has 6 heteroatoms. The van der Waals surface area contributed by atoms with Crippen molar-refractivity contribution in [2.45, 2.75) is 33.3 Å². The van der Waals surface area contributed by atoms with E-state index >= 15 is 0 Å². The van der Waals surface area contributed by atoms with Gasteiger partial charge in [-0.2, -0.15) is 5.10 Å². The lowest BCUT2D eigenvalue weighted by atomic mass is 10.2. The fourth-order valence-electron chi connectivity index (χ4n) is 3.92. The highest BCUT2D eigenvalue weighted by atomic mass is 16.5. The van der Waals surface area contributed by atoms with Crippen LogP contribution in [0.5, 0.6) is 0 Å². The van der Waals surface area contributed by atoms with Gasteiger partial charge in [0, 0.05) is 29.6 Å². The first-order chi connectivity index (χ1) is 15.0. The third-order valence-electron chi connectivity index (χ3n) is 5.53. The molecule has 0 spiro atoms. The number of carbonyl (C=O) groups excluding carboxylic acids is 2. The lowest BCUT2D eigenvalue weighted by Gasteiger charge is -2.21. The molecule has 1 aromatic heterocycles. The topological polar surface area (TPSA) is 64.4 Å². The molecule has 1 aliphatic rings. The van der Waals surface area contributed by atoms with Crippen molar-refractivity contribution < 1.29 is 14.3 Å². The van der Waals surface area contributed by atoms with E-state index in [4.69, 9.17) is 4.74 Å². The number of aromatic nitrogens is 2. The molecule has 0 aliphatic carbocycles. The van der Waals surface area contributed by atoms with Crippen LogP contribution in [0, 0.1) is 13.8 Å². The Labute approximate surface area is 181 Å². The van der Waals surface area contributed by atoms with Gasteiger partial charge in [-0.25, -0.2) is 9.48 Å². The Bertz CT molecular complexity index is 1150. The van der Waals surface area contributed by atoms with E-state index in [-0.39, 0.29) is 5.91 Å². The molecule has 1 aliphatic heterocycles. The Hall–Kier alpha value is -3.67. The Morgan fingerprint density at radius 1 is 1.06 bits per heavy atom. The van der Waals surface area contributed by atoms with Gasteiger partial charge in [0.05, 0.1) is 11.4 Å². The van der Waals surface area contributed by atoms with E-state index in [9.17, 15) is 9.59 Å². The second kappa shape index (κ2) is 8.60. The van der Waals surface area contributed by atoms with Crippen LogP contribution in [0.15, 0.2) is 60.7 Å². The standard InChI is InChI=1S/C25H25N3O3/c1-17-22(18(2)28(26-17)21-10-5-4-6-11-21)13-14-24(29)31-19(3)25(30)27-16-15-20-9-7-8-12-23(20)27/h4-14,19H,15-16H2,1-3H3/b14-13+. The molecule has 0 N–H and O–H groups in total. The van der Waals surface area contributed by atoms with Crippen molar-refractivity contribution in [2.24, 2.45) is 0 Å². The minimum Gasteiger partial charge on any atom is -0.449 e. The van der Waals surface area contributed by atoms with Crippen LogP contribution < -0.4 is 4.90 Å². The Morgan fingerprint density at radius 2 is 1.77 bits per heavy atom. The summed E-state index contributed by atoms with van der Waals surface area (Å²) >= 11 is 0. The van der Waals surface area contributed by atoms with Crippen LogP contribution in [-0.2, 0) is 20.7 Å². The van der Waals surface area contributed by atoms with Crippen molar-refractivity contribution >= 4 is 23.6 Å². The zero-order valence-electron chi connectivity index (χ0n) is 17.9. The van der Waals surface area contributed by atoms with Crippen molar-refractivity contribution in [3.05, 3.63) is 83.2 Å². The Kier molecular flexibility index (Phi) is 5.71. The van der Waals surface area contributed by atoms with Gasteiger partial charge in [0.25, 0.3) is 5.91 Å². The fourth-order valence-corrected chi connectivity index (χ4v) is 3.92. The van der Waals surface area contributed by atoms with Crippen molar-refractivity contribution in [1.82, 2.24) is 9.78 Å². The number of carbonyl (C=O) groups is 2. The molecule has 0 saturated carbocycles. The van der Waals surface area contributed by atoms with E-state index < -0.39 is 12.1 Å². The zero-order valence-corrected chi connectivity index (χ0v) is 17.9. The smallest absolute Gasteiger partial charge is 0.331 e. The van der Waals surface area contributed by atoms with Crippen LogP contribution in [0.25, 0.3) is 11.8 Å². The predicted molar refractivity (Wildman–Crippen MR) is 120 cm³/mol. The number of nitrogens with zero attached hydrogens (tertiary/aromatic N) is 3. The number of esters is 1. The van der Waals surface area contributed by atoms with Gasteiger partial charge >= 0.3 is 5.97 Å². The van der Waals surface area contributed by atoms with Crippen molar-refractivity contribution in [1.29, 1.82) is 0 Å². The largest absolute Gasteiger partial charge is 0.449 e. The number of fused-ring (bicyclic) bond motifs is 1. The monoisotopic (exact) mass is 415 g/mol. The summed E-state index contributed by atoms with van der Waals surface area (Å²) in [5.74, 6) is -0.768. The minimum atomic E-state index is -0.863. The highest BCUT2D eigenvalue weighted by Crippen LogP contribution is 2.28. The van der Waals surface area contributed by atoms with E-state index in [1.807, 2.05) is 73.1 Å². The number of hydrogen-bond donors (Lipinski definition) is 0. The summed E-state index contributed by atoms with van der Waals surface area (Å²) in [6, 6.07) is 17.6. The number of hydrogen-bond acceptors (Lipinski definition) is 4. The van der Waals surface area contributed by atoms with Gasteiger partial charge in [-0.3, -0.25) is 4.79 Å². The molecule has 0 saturated heterocycles. The van der Waals surface area contributed by atoms with Crippen LogP contribution in [0.1, 0.15) is 29.4 Å². The molecular weight excluding hydrogens is 390 g/mol. The van der Waals surface area contributed by atoms with Gasteiger partial charge in [-0.15, -0.1) is 0 Å². The third kappa shape index (κ3) is 4.14. The maximum atomic E-state index is 12.8. The molecule has 1 atom stereocenters. The molecule has 2 aromatic carbocycles. The highest BCUT2D eigenvalue weighted by molar-refractivity contribution is 6.00. The molecule has 3 aromatic rings. The maximum Gasteiger partial charge on any atom is 0.331 e. The lowest BCUT2D eigenvalue weighted by molar-refractivity contribution is -0.149. The van der Waals surface area contributed by atoms with Gasteiger partial charge < -0.3 is 9.64 Å². The van der Waals surface area contributed by atoms with E-state index in [1.54, 1.807) is 17.9 Å². The van der Waals surface area contributed by atoms with Gasteiger partial charge in [0.15, 0.2) is 6.10 Å². The number of anilines is 1. The van der Waals surface area contributed by atoms with Crippen LogP contribution in [-0.4, -0.2) is 34.3 Å². The second-order valence-electron chi connectivity index (χ2n) is 7.61. The molecule has 0 fully saturated rings. The normalized spacial score (nSPS) is 14.0. The zero-order chi connectivity index (χ0) is 22.0. The Balaban J connectivity index is 1.43. The maximum absolute atomic E-state index is 12.8. The van der Waals surface area contributed by atoms with Crippen molar-refractivity contribution in [3.63, 3.8) is 0 Å². The SMILES string of the molecule is Cc1nn(-c2ccccc2)c(C)c1/C=C/C(=O)OC(C)C(=O)N1CCc2ccccc21. The molecule has 31 heavy (non-hydrogen) atoms. The van der Waals surface area contributed by atoms with Crippen molar-refractivity contribution in [3.8, 4) is 5.69 Å². The van der Waals surface area contributed by atoms with Crippen LogP contribution in [0.2, 0.25) is 0 Å². The third-order valence-corrected chi connectivity index (χ3v) is 5.53. The molecule has 0 bridgehead atoms. The molecule has 158 valence electrons. The number of rotatable bonds is 5. The first-order valence-electron chi connectivity index (χ1n) is 10.4. The van der Waals surface area contributed by atoms with E-state index in [0.29, 0.717) is 6.54 Å². The van der Waals surface area contributed by atoms with Gasteiger partial charge in [-0.05, 0) is 57.0 Å². The molecule has 4 rings (SSSR count). The number of ether oxygens (including phenoxy) is 1. The van der Waals surface area contributed by atoms with Gasteiger partial charge in [0.1, 0.15) is 0 Å². The summed E-state index contributed by atoms with van der Waals surface area (Å²) in [5.41, 5.74) is 5.57. The first-order valence-corrected chi connectivity index (χ1v) is 10.4. The molecular formula is C25H25N3O3. The number of amides is 1. The van der Waals surface area contributed by atoms with E-state index in [2.05, 4.69) is 5.10 Å². The second-order valence-corrected chi connectivity index (χ2v) is 7.61. The molecule has 1 amide bonds. The first kappa shape index (κ1) is 20.6. The van der Waals surface area contributed by atoms with Crippen LogP contribution in [0.3, 0.4) is 0 Å². The summed E-state index contributed by atoms with van der Waals surface area (Å²) in [6.07, 6.45) is 3.00. The van der Waals surface area contributed by atoms with E-state index in [0.717, 1.165) is 40.3 Å². The summed E-state index contributed by atoms with van der Waals surface area (Å²) in [6.45, 7) is 6.06. The fraction of sp³-hybridized carbons (Fsp3) is 0.240. The van der Waals surface area contributed by atoms with Crippen LogP contribution in [0.4, 0.5) is 5.69 Å². The average molecular weight is 415 g/mol. The summed E-state index contributed by atoms with van der Waals surface area (Å²) < 4.78 is 7.23. The Morgan fingerprint density at radius 3 is 2.55 bits per heavy atom. The minimum absolute atomic E-state index is 0.212. The quantitative estimate of drug-likeness (QED) is 0.466. The summed E-state index contributed by atoms with van der Waals surface area (Å²) in [5, 5.41) is 4.57. The molecule has 2 heterocycles. The highest BCUT2D eigenvalue weighted by Gasteiger charge is 2.29. The van der Waals surface area contributed by atoms with Crippen molar-refractivity contribution in [2.75, 3.05) is 11.4 Å². The molecule has 6 nitrogen and oxygen atoms in total.